The molecule has 0 bridgehead atoms. The van der Waals surface area contributed by atoms with Gasteiger partial charge in [0.15, 0.2) is 0 Å². The second-order valence-corrected chi connectivity index (χ2v) is 5.90. The molecule has 0 aliphatic carbocycles. The second kappa shape index (κ2) is 7.74. The summed E-state index contributed by atoms with van der Waals surface area (Å²) < 4.78 is 0. The number of hydrogen-bond donors (Lipinski definition) is 1. The Balaban J connectivity index is 2.48. The van der Waals surface area contributed by atoms with Gasteiger partial charge < -0.3 is 10.2 Å². The van der Waals surface area contributed by atoms with E-state index in [1.165, 1.54) is 0 Å². The Labute approximate surface area is 112 Å². The van der Waals surface area contributed by atoms with Gasteiger partial charge in [-0.15, -0.1) is 0 Å². The maximum Gasteiger partial charge on any atom is 0.236 e. The molecule has 1 aliphatic rings. The molecule has 0 unspecified atom stereocenters. The highest BCUT2D eigenvalue weighted by Crippen LogP contribution is 2.06. The van der Waals surface area contributed by atoms with E-state index in [0.29, 0.717) is 18.5 Å². The molecule has 1 saturated heterocycles. The van der Waals surface area contributed by atoms with Crippen LogP contribution in [0.25, 0.3) is 0 Å². The lowest BCUT2D eigenvalue weighted by Gasteiger charge is -2.30. The van der Waals surface area contributed by atoms with Crippen LogP contribution in [0, 0.1) is 5.92 Å². The lowest BCUT2D eigenvalue weighted by Crippen LogP contribution is -2.45. The van der Waals surface area contributed by atoms with Gasteiger partial charge in [0.25, 0.3) is 0 Å². The summed E-state index contributed by atoms with van der Waals surface area (Å²) in [4.78, 5) is 16.6. The third kappa shape index (κ3) is 5.36. The Kier molecular flexibility index (Phi) is 6.65. The molecule has 0 saturated carbocycles. The highest BCUT2D eigenvalue weighted by Gasteiger charge is 2.20. The predicted octanol–water partition coefficient (Wildman–Crippen LogP) is 1.17. The summed E-state index contributed by atoms with van der Waals surface area (Å²) >= 11 is 0. The molecule has 0 radical (unpaired) electrons. The maximum absolute atomic E-state index is 12.3. The van der Waals surface area contributed by atoms with Crippen molar-refractivity contribution >= 4 is 5.91 Å². The molecule has 1 aliphatic heterocycles. The molecule has 0 atom stereocenters. The molecule has 0 aromatic heterocycles. The highest BCUT2D eigenvalue weighted by atomic mass is 16.2. The van der Waals surface area contributed by atoms with Crippen molar-refractivity contribution in [3.8, 4) is 0 Å². The fourth-order valence-corrected chi connectivity index (χ4v) is 2.30. The summed E-state index contributed by atoms with van der Waals surface area (Å²) in [7, 11) is 0. The van der Waals surface area contributed by atoms with Crippen molar-refractivity contribution in [2.75, 3.05) is 39.3 Å². The molecule has 1 rings (SSSR count). The van der Waals surface area contributed by atoms with Crippen LogP contribution in [-0.2, 0) is 4.79 Å². The largest absolute Gasteiger partial charge is 0.340 e. The van der Waals surface area contributed by atoms with Gasteiger partial charge in [0.1, 0.15) is 0 Å². The van der Waals surface area contributed by atoms with Crippen LogP contribution in [-0.4, -0.2) is 61.0 Å². The Morgan fingerprint density at radius 2 is 1.94 bits per heavy atom. The SMILES string of the molecule is CC(C)CN(CC(=O)N1CCCNCC1)C(C)C. The van der Waals surface area contributed by atoms with E-state index in [1.54, 1.807) is 0 Å². The van der Waals surface area contributed by atoms with Gasteiger partial charge in [-0.05, 0) is 32.7 Å². The number of nitrogens with zero attached hydrogens (tertiary/aromatic N) is 2. The van der Waals surface area contributed by atoms with Crippen molar-refractivity contribution in [3.63, 3.8) is 0 Å². The topological polar surface area (TPSA) is 35.6 Å². The van der Waals surface area contributed by atoms with Crippen LogP contribution in [0.5, 0.6) is 0 Å². The Morgan fingerprint density at radius 3 is 2.56 bits per heavy atom. The molecule has 106 valence electrons. The van der Waals surface area contributed by atoms with E-state index in [0.717, 1.165) is 39.1 Å². The van der Waals surface area contributed by atoms with Crippen LogP contribution < -0.4 is 5.32 Å². The standard InChI is InChI=1S/C14H29N3O/c1-12(2)10-17(13(3)4)11-14(18)16-8-5-6-15-7-9-16/h12-13,15H,5-11H2,1-4H3. The number of rotatable bonds is 5. The normalized spacial score (nSPS) is 17.6. The Morgan fingerprint density at radius 1 is 1.22 bits per heavy atom. The maximum atomic E-state index is 12.3. The van der Waals surface area contributed by atoms with E-state index in [9.17, 15) is 4.79 Å². The fourth-order valence-electron chi connectivity index (χ4n) is 2.30. The van der Waals surface area contributed by atoms with E-state index in [2.05, 4.69) is 37.9 Å². The van der Waals surface area contributed by atoms with Crippen molar-refractivity contribution in [2.45, 2.75) is 40.2 Å². The first-order chi connectivity index (χ1) is 8.50. The average Bonchev–Trinajstić information content (AvgIpc) is 2.55. The van der Waals surface area contributed by atoms with Gasteiger partial charge in [-0.25, -0.2) is 0 Å². The molecule has 18 heavy (non-hydrogen) atoms. The van der Waals surface area contributed by atoms with E-state index in [4.69, 9.17) is 0 Å². The quantitative estimate of drug-likeness (QED) is 0.801. The van der Waals surface area contributed by atoms with E-state index in [1.807, 2.05) is 4.90 Å². The second-order valence-electron chi connectivity index (χ2n) is 5.90. The molecular weight excluding hydrogens is 226 g/mol. The molecule has 0 spiro atoms. The van der Waals surface area contributed by atoms with Gasteiger partial charge in [-0.1, -0.05) is 13.8 Å². The molecule has 0 aromatic carbocycles. The third-order valence-corrected chi connectivity index (χ3v) is 3.36. The first-order valence-corrected chi connectivity index (χ1v) is 7.23. The van der Waals surface area contributed by atoms with E-state index in [-0.39, 0.29) is 5.91 Å². The summed E-state index contributed by atoms with van der Waals surface area (Å²) in [6.45, 7) is 14.0. The van der Waals surface area contributed by atoms with Crippen LogP contribution in [0.1, 0.15) is 34.1 Å². The molecule has 1 amide bonds. The van der Waals surface area contributed by atoms with Gasteiger partial charge in [0.05, 0.1) is 6.54 Å². The first kappa shape index (κ1) is 15.4. The summed E-state index contributed by atoms with van der Waals surface area (Å²) in [5.74, 6) is 0.888. The van der Waals surface area contributed by atoms with Crippen molar-refractivity contribution in [1.29, 1.82) is 0 Å². The fraction of sp³-hybridized carbons (Fsp3) is 0.929. The van der Waals surface area contributed by atoms with Crippen molar-refractivity contribution in [3.05, 3.63) is 0 Å². The lowest BCUT2D eigenvalue weighted by molar-refractivity contribution is -0.132. The monoisotopic (exact) mass is 255 g/mol. The molecule has 1 fully saturated rings. The lowest BCUT2D eigenvalue weighted by atomic mass is 10.1. The van der Waals surface area contributed by atoms with E-state index >= 15 is 0 Å². The first-order valence-electron chi connectivity index (χ1n) is 7.23. The number of hydrogen-bond acceptors (Lipinski definition) is 3. The minimum Gasteiger partial charge on any atom is -0.340 e. The molecule has 4 heteroatoms. The van der Waals surface area contributed by atoms with Crippen molar-refractivity contribution in [2.24, 2.45) is 5.92 Å². The van der Waals surface area contributed by atoms with Crippen LogP contribution in [0.3, 0.4) is 0 Å². The number of amides is 1. The molecular formula is C14H29N3O. The minimum absolute atomic E-state index is 0.285. The van der Waals surface area contributed by atoms with Crippen LogP contribution in [0.2, 0.25) is 0 Å². The van der Waals surface area contributed by atoms with Gasteiger partial charge >= 0.3 is 0 Å². The zero-order valence-corrected chi connectivity index (χ0v) is 12.4. The summed E-state index contributed by atoms with van der Waals surface area (Å²) in [5.41, 5.74) is 0. The van der Waals surface area contributed by atoms with E-state index < -0.39 is 0 Å². The van der Waals surface area contributed by atoms with Crippen LogP contribution in [0.4, 0.5) is 0 Å². The minimum atomic E-state index is 0.285. The highest BCUT2D eigenvalue weighted by molar-refractivity contribution is 5.78. The smallest absolute Gasteiger partial charge is 0.236 e. The average molecular weight is 255 g/mol. The zero-order chi connectivity index (χ0) is 13.5. The Bertz CT molecular complexity index is 245. The van der Waals surface area contributed by atoms with Crippen molar-refractivity contribution in [1.82, 2.24) is 15.1 Å². The summed E-state index contributed by atoms with van der Waals surface area (Å²) in [5, 5.41) is 3.33. The van der Waals surface area contributed by atoms with Gasteiger partial charge in [0, 0.05) is 32.2 Å². The summed E-state index contributed by atoms with van der Waals surface area (Å²) in [6, 6.07) is 0.432. The zero-order valence-electron chi connectivity index (χ0n) is 12.4. The number of nitrogens with one attached hydrogen (secondary N) is 1. The Hall–Kier alpha value is -0.610. The van der Waals surface area contributed by atoms with Gasteiger partial charge in [-0.2, -0.15) is 0 Å². The molecule has 1 heterocycles. The van der Waals surface area contributed by atoms with Gasteiger partial charge in [0.2, 0.25) is 5.91 Å². The summed E-state index contributed by atoms with van der Waals surface area (Å²) in [6.07, 6.45) is 1.07. The molecule has 4 nitrogen and oxygen atoms in total. The third-order valence-electron chi connectivity index (χ3n) is 3.36. The van der Waals surface area contributed by atoms with Crippen molar-refractivity contribution < 1.29 is 4.79 Å². The number of carbonyl (C=O) groups is 1. The molecule has 0 aromatic rings. The van der Waals surface area contributed by atoms with Crippen LogP contribution in [0.15, 0.2) is 0 Å². The van der Waals surface area contributed by atoms with Crippen LogP contribution >= 0.6 is 0 Å². The molecule has 1 N–H and O–H groups in total. The van der Waals surface area contributed by atoms with Gasteiger partial charge in [-0.3, -0.25) is 9.69 Å². The predicted molar refractivity (Wildman–Crippen MR) is 75.6 cm³/mol. The number of carbonyl (C=O) groups excluding carboxylic acids is 1.